The molecule has 5 nitrogen and oxygen atoms in total. The molecule has 0 unspecified atom stereocenters. The minimum atomic E-state index is -0.502. The molecule has 0 spiro atoms. The van der Waals surface area contributed by atoms with Gasteiger partial charge in [0.05, 0.1) is 5.92 Å². The summed E-state index contributed by atoms with van der Waals surface area (Å²) in [6.07, 6.45) is 2.62. The van der Waals surface area contributed by atoms with E-state index in [-0.39, 0.29) is 42.4 Å². The van der Waals surface area contributed by atoms with Gasteiger partial charge in [0, 0.05) is 25.0 Å². The van der Waals surface area contributed by atoms with Gasteiger partial charge in [0.2, 0.25) is 0 Å². The van der Waals surface area contributed by atoms with Gasteiger partial charge in [-0.2, -0.15) is 0 Å². The Bertz CT molecular complexity index is 591. The second-order valence-corrected chi connectivity index (χ2v) is 7.83. The predicted octanol–water partition coefficient (Wildman–Crippen LogP) is 3.56. The van der Waals surface area contributed by atoms with Crippen molar-refractivity contribution < 1.29 is 24.2 Å². The number of aliphatic hydroxyl groups excluding tert-OH is 1. The maximum atomic E-state index is 12.5. The lowest BCUT2D eigenvalue weighted by Crippen LogP contribution is -2.41. The number of fused-ring (bicyclic) bond motifs is 1. The molecule has 26 heavy (non-hydrogen) atoms. The minimum absolute atomic E-state index is 0.134. The van der Waals surface area contributed by atoms with Crippen LogP contribution in [0.2, 0.25) is 0 Å². The van der Waals surface area contributed by atoms with Crippen LogP contribution < -0.4 is 0 Å². The van der Waals surface area contributed by atoms with Crippen molar-refractivity contribution in [3.8, 4) is 0 Å². The molecule has 0 aromatic rings. The molecule has 0 bridgehead atoms. The maximum absolute atomic E-state index is 12.5. The van der Waals surface area contributed by atoms with E-state index in [0.717, 1.165) is 24.0 Å². The number of ether oxygens (including phenoxy) is 2. The highest BCUT2D eigenvalue weighted by molar-refractivity contribution is 5.91. The largest absolute Gasteiger partial charge is 0.458 e. The molecule has 0 aromatic heterocycles. The SMILES string of the molecule is C=C1C(=O)O[C@@H]2CC(C)=C([C@@H](C)CCCO)[C@@H](OC(=O)C[C@@H](C)CC)[C@H]12. The van der Waals surface area contributed by atoms with Crippen molar-refractivity contribution in [3.63, 3.8) is 0 Å². The normalized spacial score (nSPS) is 27.8. The third kappa shape index (κ3) is 4.37. The van der Waals surface area contributed by atoms with Crippen molar-refractivity contribution in [2.24, 2.45) is 17.8 Å². The summed E-state index contributed by atoms with van der Waals surface area (Å²) in [6.45, 7) is 12.2. The van der Waals surface area contributed by atoms with E-state index in [1.54, 1.807) is 0 Å². The Hall–Kier alpha value is -1.62. The molecule has 1 heterocycles. The van der Waals surface area contributed by atoms with Crippen LogP contribution in [-0.2, 0) is 19.1 Å². The molecular formula is C21H32O5. The molecule has 2 rings (SSSR count). The fraction of sp³-hybridized carbons (Fsp3) is 0.714. The highest BCUT2D eigenvalue weighted by Gasteiger charge is 2.50. The summed E-state index contributed by atoms with van der Waals surface area (Å²) in [6, 6.07) is 0. The Morgan fingerprint density at radius 1 is 1.42 bits per heavy atom. The summed E-state index contributed by atoms with van der Waals surface area (Å²) in [5, 5.41) is 9.16. The van der Waals surface area contributed by atoms with Crippen LogP contribution in [0.15, 0.2) is 23.3 Å². The Kier molecular flexibility index (Phi) is 7.04. The molecule has 1 aliphatic heterocycles. The van der Waals surface area contributed by atoms with E-state index < -0.39 is 6.10 Å². The molecule has 0 amide bonds. The van der Waals surface area contributed by atoms with Gasteiger partial charge in [0.15, 0.2) is 0 Å². The second kappa shape index (κ2) is 8.85. The van der Waals surface area contributed by atoms with Crippen LogP contribution in [0.1, 0.15) is 59.8 Å². The van der Waals surface area contributed by atoms with E-state index in [1.807, 2.05) is 20.8 Å². The Balaban J connectivity index is 2.30. The molecule has 146 valence electrons. The first-order valence-corrected chi connectivity index (χ1v) is 9.69. The van der Waals surface area contributed by atoms with Crippen molar-refractivity contribution in [3.05, 3.63) is 23.3 Å². The number of aliphatic hydroxyl groups is 1. The van der Waals surface area contributed by atoms with Crippen LogP contribution in [0, 0.1) is 17.8 Å². The molecular weight excluding hydrogens is 332 g/mol. The summed E-state index contributed by atoms with van der Waals surface area (Å²) < 4.78 is 11.4. The van der Waals surface area contributed by atoms with Crippen molar-refractivity contribution in [2.45, 2.75) is 72.0 Å². The third-order valence-electron chi connectivity index (χ3n) is 5.75. The Morgan fingerprint density at radius 2 is 2.12 bits per heavy atom. The number of carbonyl (C=O) groups is 2. The van der Waals surface area contributed by atoms with Crippen molar-refractivity contribution >= 4 is 11.9 Å². The summed E-state index contributed by atoms with van der Waals surface area (Å²) >= 11 is 0. The summed E-state index contributed by atoms with van der Waals surface area (Å²) in [7, 11) is 0. The monoisotopic (exact) mass is 364 g/mol. The van der Waals surface area contributed by atoms with Crippen LogP contribution in [-0.4, -0.2) is 35.9 Å². The lowest BCUT2D eigenvalue weighted by atomic mass is 9.73. The fourth-order valence-corrected chi connectivity index (χ4v) is 4.06. The number of esters is 2. The van der Waals surface area contributed by atoms with Gasteiger partial charge in [-0.3, -0.25) is 4.79 Å². The lowest BCUT2D eigenvalue weighted by Gasteiger charge is -2.37. The average Bonchev–Trinajstić information content (AvgIpc) is 2.86. The molecule has 1 fully saturated rings. The molecule has 0 saturated carbocycles. The second-order valence-electron chi connectivity index (χ2n) is 7.83. The van der Waals surface area contributed by atoms with Gasteiger partial charge >= 0.3 is 11.9 Å². The Labute approximate surface area is 156 Å². The van der Waals surface area contributed by atoms with Crippen LogP contribution in [0.25, 0.3) is 0 Å². The number of hydrogen-bond acceptors (Lipinski definition) is 5. The summed E-state index contributed by atoms with van der Waals surface area (Å²) in [4.78, 5) is 24.5. The smallest absolute Gasteiger partial charge is 0.334 e. The molecule has 0 radical (unpaired) electrons. The lowest BCUT2D eigenvalue weighted by molar-refractivity contribution is -0.152. The molecule has 1 saturated heterocycles. The molecule has 0 aromatic carbocycles. The van der Waals surface area contributed by atoms with E-state index in [1.165, 1.54) is 0 Å². The fourth-order valence-electron chi connectivity index (χ4n) is 4.06. The third-order valence-corrected chi connectivity index (χ3v) is 5.75. The predicted molar refractivity (Wildman–Crippen MR) is 99.3 cm³/mol. The zero-order chi connectivity index (χ0) is 19.4. The van der Waals surface area contributed by atoms with Crippen LogP contribution >= 0.6 is 0 Å². The average molecular weight is 364 g/mol. The van der Waals surface area contributed by atoms with Gasteiger partial charge in [-0.15, -0.1) is 0 Å². The first kappa shape index (κ1) is 20.7. The van der Waals surface area contributed by atoms with Crippen molar-refractivity contribution in [1.29, 1.82) is 0 Å². The highest BCUT2D eigenvalue weighted by Crippen LogP contribution is 2.45. The van der Waals surface area contributed by atoms with Crippen LogP contribution in [0.4, 0.5) is 0 Å². The topological polar surface area (TPSA) is 72.8 Å². The molecule has 5 heteroatoms. The van der Waals surface area contributed by atoms with Gasteiger partial charge in [0.25, 0.3) is 0 Å². The van der Waals surface area contributed by atoms with E-state index >= 15 is 0 Å². The van der Waals surface area contributed by atoms with E-state index in [0.29, 0.717) is 24.8 Å². The molecule has 2 aliphatic rings. The van der Waals surface area contributed by atoms with Gasteiger partial charge < -0.3 is 14.6 Å². The molecule has 1 N–H and O–H groups in total. The number of hydrogen-bond donors (Lipinski definition) is 1. The highest BCUT2D eigenvalue weighted by atomic mass is 16.6. The maximum Gasteiger partial charge on any atom is 0.334 e. The summed E-state index contributed by atoms with van der Waals surface area (Å²) in [5.74, 6) is -0.518. The molecule has 5 atom stereocenters. The Morgan fingerprint density at radius 3 is 2.73 bits per heavy atom. The van der Waals surface area contributed by atoms with E-state index in [4.69, 9.17) is 14.6 Å². The van der Waals surface area contributed by atoms with Gasteiger partial charge in [-0.25, -0.2) is 4.79 Å². The van der Waals surface area contributed by atoms with Crippen LogP contribution in [0.5, 0.6) is 0 Å². The standard InChI is InChI=1S/C21H32O5/c1-6-12(2)10-17(23)26-20-18(13(3)8-7-9-22)14(4)11-16-19(20)15(5)21(24)25-16/h12-13,16,19-20,22H,5-11H2,1-4H3/t12-,13-,16+,19+,20+/m0/s1. The van der Waals surface area contributed by atoms with Gasteiger partial charge in [-0.05, 0) is 37.2 Å². The van der Waals surface area contributed by atoms with Gasteiger partial charge in [0.1, 0.15) is 12.2 Å². The first-order chi connectivity index (χ1) is 12.3. The summed E-state index contributed by atoms with van der Waals surface area (Å²) in [5.41, 5.74) is 2.58. The van der Waals surface area contributed by atoms with Crippen molar-refractivity contribution in [1.82, 2.24) is 0 Å². The van der Waals surface area contributed by atoms with E-state index in [2.05, 4.69) is 13.5 Å². The van der Waals surface area contributed by atoms with Crippen LogP contribution in [0.3, 0.4) is 0 Å². The number of rotatable bonds is 8. The first-order valence-electron chi connectivity index (χ1n) is 9.69. The quantitative estimate of drug-likeness (QED) is 0.405. The molecule has 1 aliphatic carbocycles. The van der Waals surface area contributed by atoms with Crippen molar-refractivity contribution in [2.75, 3.05) is 6.61 Å². The van der Waals surface area contributed by atoms with Gasteiger partial charge in [-0.1, -0.05) is 39.3 Å². The zero-order valence-corrected chi connectivity index (χ0v) is 16.4. The minimum Gasteiger partial charge on any atom is -0.458 e. The zero-order valence-electron chi connectivity index (χ0n) is 16.4. The number of carbonyl (C=O) groups excluding carboxylic acids is 2. The van der Waals surface area contributed by atoms with E-state index in [9.17, 15) is 9.59 Å².